The maximum absolute atomic E-state index is 4.24. The summed E-state index contributed by atoms with van der Waals surface area (Å²) < 4.78 is 2.24. The minimum absolute atomic E-state index is 1.02. The van der Waals surface area contributed by atoms with Gasteiger partial charge in [-0.2, -0.15) is 0 Å². The summed E-state index contributed by atoms with van der Waals surface area (Å²) in [6.07, 6.45) is 1.61. The summed E-state index contributed by atoms with van der Waals surface area (Å²) in [4.78, 5) is 8.41. The van der Waals surface area contributed by atoms with E-state index in [0.717, 1.165) is 14.6 Å². The van der Waals surface area contributed by atoms with Crippen LogP contribution < -0.4 is 0 Å². The predicted molar refractivity (Wildman–Crippen MR) is 69.7 cm³/mol. The molecule has 4 heteroatoms. The fraction of sp³-hybridized carbons (Fsp3) is 0.111. The van der Waals surface area contributed by atoms with Gasteiger partial charge in [0, 0.05) is 8.96 Å². The van der Waals surface area contributed by atoms with E-state index in [2.05, 4.69) is 74.2 Å². The molecule has 0 N–H and O–H groups in total. The molecule has 13 heavy (non-hydrogen) atoms. The fourth-order valence-electron chi connectivity index (χ4n) is 1.24. The Balaban J connectivity index is 2.94. The third-order valence-corrected chi connectivity index (χ3v) is 3.46. The van der Waals surface area contributed by atoms with Crippen LogP contribution in [0.5, 0.6) is 0 Å². The van der Waals surface area contributed by atoms with Crippen LogP contribution >= 0.6 is 45.2 Å². The SMILES string of the molecule is Cc1cc(I)c2c(I)ncnc2c1. The van der Waals surface area contributed by atoms with Crippen molar-refractivity contribution in [3.63, 3.8) is 0 Å². The molecule has 1 aromatic carbocycles. The molecular weight excluding hydrogens is 390 g/mol. The summed E-state index contributed by atoms with van der Waals surface area (Å²) >= 11 is 4.56. The Labute approximate surface area is 103 Å². The lowest BCUT2D eigenvalue weighted by Gasteiger charge is -2.02. The monoisotopic (exact) mass is 396 g/mol. The molecule has 0 radical (unpaired) electrons. The molecule has 0 bridgehead atoms. The van der Waals surface area contributed by atoms with Crippen LogP contribution in [0.3, 0.4) is 0 Å². The number of aryl methyl sites for hydroxylation is 1. The van der Waals surface area contributed by atoms with Crippen molar-refractivity contribution < 1.29 is 0 Å². The Kier molecular flexibility index (Phi) is 2.68. The zero-order valence-electron chi connectivity index (χ0n) is 6.88. The van der Waals surface area contributed by atoms with Crippen LogP contribution in [0.25, 0.3) is 10.9 Å². The second-order valence-corrected chi connectivity index (χ2v) is 4.99. The molecule has 66 valence electrons. The molecule has 1 aromatic heterocycles. The topological polar surface area (TPSA) is 25.8 Å². The molecule has 2 rings (SSSR count). The molecule has 0 amide bonds. The molecule has 0 aliphatic carbocycles. The molecule has 0 saturated heterocycles. The zero-order valence-corrected chi connectivity index (χ0v) is 11.2. The van der Waals surface area contributed by atoms with E-state index in [1.807, 2.05) is 0 Å². The van der Waals surface area contributed by atoms with Crippen molar-refractivity contribution >= 4 is 56.1 Å². The van der Waals surface area contributed by atoms with E-state index in [-0.39, 0.29) is 0 Å². The van der Waals surface area contributed by atoms with Crippen LogP contribution in [0, 0.1) is 14.2 Å². The van der Waals surface area contributed by atoms with Gasteiger partial charge in [-0.15, -0.1) is 0 Å². The van der Waals surface area contributed by atoms with Crippen molar-refractivity contribution in [1.29, 1.82) is 0 Å². The number of nitrogens with zero attached hydrogens (tertiary/aromatic N) is 2. The Bertz CT molecular complexity index is 468. The van der Waals surface area contributed by atoms with Crippen molar-refractivity contribution in [3.8, 4) is 0 Å². The normalized spacial score (nSPS) is 10.7. The quantitative estimate of drug-likeness (QED) is 0.506. The lowest BCUT2D eigenvalue weighted by atomic mass is 10.2. The first kappa shape index (κ1) is 9.57. The molecule has 0 aliphatic rings. The highest BCUT2D eigenvalue weighted by Crippen LogP contribution is 2.23. The minimum Gasteiger partial charge on any atom is -0.236 e. The van der Waals surface area contributed by atoms with E-state index in [0.29, 0.717) is 0 Å². The highest BCUT2D eigenvalue weighted by molar-refractivity contribution is 14.1. The molecular formula is C9H6I2N2. The van der Waals surface area contributed by atoms with Crippen molar-refractivity contribution in [2.75, 3.05) is 0 Å². The molecule has 0 spiro atoms. The van der Waals surface area contributed by atoms with Crippen LogP contribution in [0.2, 0.25) is 0 Å². The number of hydrogen-bond acceptors (Lipinski definition) is 2. The highest BCUT2D eigenvalue weighted by Gasteiger charge is 2.05. The van der Waals surface area contributed by atoms with Crippen molar-refractivity contribution in [2.24, 2.45) is 0 Å². The molecule has 2 aromatic rings. The summed E-state index contributed by atoms with van der Waals surface area (Å²) in [7, 11) is 0. The largest absolute Gasteiger partial charge is 0.236 e. The number of rotatable bonds is 0. The molecule has 0 aliphatic heterocycles. The van der Waals surface area contributed by atoms with E-state index in [1.54, 1.807) is 6.33 Å². The van der Waals surface area contributed by atoms with Gasteiger partial charge in [0.05, 0.1) is 5.52 Å². The maximum Gasteiger partial charge on any atom is 0.117 e. The summed E-state index contributed by atoms with van der Waals surface area (Å²) in [5.41, 5.74) is 2.27. The Morgan fingerprint density at radius 2 is 1.92 bits per heavy atom. The first-order chi connectivity index (χ1) is 6.18. The molecule has 0 unspecified atom stereocenters. The van der Waals surface area contributed by atoms with Crippen LogP contribution in [-0.2, 0) is 0 Å². The van der Waals surface area contributed by atoms with Gasteiger partial charge >= 0.3 is 0 Å². The number of hydrogen-bond donors (Lipinski definition) is 0. The van der Waals surface area contributed by atoms with Gasteiger partial charge in [0.15, 0.2) is 0 Å². The third kappa shape index (κ3) is 1.78. The first-order valence-corrected chi connectivity index (χ1v) is 5.90. The second-order valence-electron chi connectivity index (χ2n) is 2.81. The van der Waals surface area contributed by atoms with Gasteiger partial charge in [-0.25, -0.2) is 9.97 Å². The van der Waals surface area contributed by atoms with Gasteiger partial charge in [0.1, 0.15) is 10.0 Å². The molecule has 2 nitrogen and oxygen atoms in total. The van der Waals surface area contributed by atoms with Gasteiger partial charge in [-0.05, 0) is 69.8 Å². The molecule has 0 atom stereocenters. The number of fused-ring (bicyclic) bond motifs is 1. The summed E-state index contributed by atoms with van der Waals surface area (Å²) in [6.45, 7) is 2.08. The van der Waals surface area contributed by atoms with Crippen LogP contribution in [0.4, 0.5) is 0 Å². The standard InChI is InChI=1S/C9H6I2N2/c1-5-2-6(10)8-7(3-5)12-4-13-9(8)11/h2-4H,1H3. The van der Waals surface area contributed by atoms with Gasteiger partial charge in [-0.1, -0.05) is 0 Å². The van der Waals surface area contributed by atoms with Gasteiger partial charge in [0.2, 0.25) is 0 Å². The summed E-state index contributed by atoms with van der Waals surface area (Å²) in [6, 6.07) is 4.23. The average molecular weight is 396 g/mol. The van der Waals surface area contributed by atoms with E-state index < -0.39 is 0 Å². The molecule has 0 saturated carbocycles. The lowest BCUT2D eigenvalue weighted by molar-refractivity contribution is 1.18. The Morgan fingerprint density at radius 1 is 1.15 bits per heavy atom. The zero-order chi connectivity index (χ0) is 9.42. The number of halogens is 2. The maximum atomic E-state index is 4.24. The fourth-order valence-corrected chi connectivity index (χ4v) is 3.47. The molecule has 1 heterocycles. The van der Waals surface area contributed by atoms with Gasteiger partial charge < -0.3 is 0 Å². The van der Waals surface area contributed by atoms with E-state index >= 15 is 0 Å². The minimum atomic E-state index is 1.02. The summed E-state index contributed by atoms with van der Waals surface area (Å²) in [5, 5.41) is 1.16. The first-order valence-electron chi connectivity index (χ1n) is 3.75. The van der Waals surface area contributed by atoms with Crippen molar-refractivity contribution in [3.05, 3.63) is 31.3 Å². The van der Waals surface area contributed by atoms with Gasteiger partial charge in [0.25, 0.3) is 0 Å². The van der Waals surface area contributed by atoms with Crippen LogP contribution in [0.1, 0.15) is 5.56 Å². The molecule has 0 fully saturated rings. The second kappa shape index (κ2) is 3.64. The third-order valence-electron chi connectivity index (χ3n) is 1.79. The van der Waals surface area contributed by atoms with E-state index in [1.165, 1.54) is 9.13 Å². The van der Waals surface area contributed by atoms with Crippen LogP contribution in [0.15, 0.2) is 18.5 Å². The van der Waals surface area contributed by atoms with E-state index in [9.17, 15) is 0 Å². The highest BCUT2D eigenvalue weighted by atomic mass is 127. The van der Waals surface area contributed by atoms with Crippen LogP contribution in [-0.4, -0.2) is 9.97 Å². The lowest BCUT2D eigenvalue weighted by Crippen LogP contribution is -1.90. The Hall–Kier alpha value is 0.0200. The van der Waals surface area contributed by atoms with Crippen molar-refractivity contribution in [2.45, 2.75) is 6.92 Å². The van der Waals surface area contributed by atoms with Gasteiger partial charge in [-0.3, -0.25) is 0 Å². The summed E-state index contributed by atoms with van der Waals surface area (Å²) in [5.74, 6) is 0. The average Bonchev–Trinajstić information content (AvgIpc) is 2.02. The Morgan fingerprint density at radius 3 is 2.69 bits per heavy atom. The van der Waals surface area contributed by atoms with E-state index in [4.69, 9.17) is 0 Å². The predicted octanol–water partition coefficient (Wildman–Crippen LogP) is 3.15. The number of benzene rings is 1. The number of aromatic nitrogens is 2. The van der Waals surface area contributed by atoms with Crippen molar-refractivity contribution in [1.82, 2.24) is 9.97 Å². The smallest absolute Gasteiger partial charge is 0.117 e.